The van der Waals surface area contributed by atoms with Crippen molar-refractivity contribution in [2.75, 3.05) is 26.4 Å². The Morgan fingerprint density at radius 3 is 2.05 bits per heavy atom. The number of hydrogen-bond donors (Lipinski definition) is 6. The highest BCUT2D eigenvalue weighted by molar-refractivity contribution is 7.47. The average Bonchev–Trinajstić information content (AvgIpc) is 3.45. The van der Waals surface area contributed by atoms with Crippen LogP contribution < -0.4 is 0 Å². The summed E-state index contributed by atoms with van der Waals surface area (Å²) in [7, 11) is -9.76. The van der Waals surface area contributed by atoms with Gasteiger partial charge >= 0.3 is 27.6 Å². The van der Waals surface area contributed by atoms with Crippen LogP contribution in [0.2, 0.25) is 0 Å². The Labute approximate surface area is 351 Å². The van der Waals surface area contributed by atoms with E-state index in [1.165, 1.54) is 32.1 Å². The molecule has 0 radical (unpaired) electrons. The zero-order chi connectivity index (χ0) is 44.1. The molecule has 1 aliphatic carbocycles. The monoisotopic (exact) mass is 884 g/mol. The number of unbranched alkanes of at least 4 members (excludes halogenated alkanes) is 10. The van der Waals surface area contributed by atoms with Crippen molar-refractivity contribution in [1.82, 2.24) is 0 Å². The Bertz CT molecular complexity index is 1320. The Balaban J connectivity index is 2.59. The van der Waals surface area contributed by atoms with E-state index in [9.17, 15) is 43.7 Å². The fraction of sp³-hybridized carbons (Fsp3) is 0.829. The molecule has 1 fully saturated rings. The highest BCUT2D eigenvalue weighted by Gasteiger charge is 2.39. The second-order valence-corrected chi connectivity index (χ2v) is 18.3. The minimum atomic E-state index is -4.89. The van der Waals surface area contributed by atoms with Crippen LogP contribution in [-0.4, -0.2) is 98.6 Å². The van der Waals surface area contributed by atoms with Crippen molar-refractivity contribution in [3.05, 3.63) is 24.3 Å². The maximum Gasteiger partial charge on any atom is 0.472 e. The molecule has 59 heavy (non-hydrogen) atoms. The minimum absolute atomic E-state index is 0.00224. The molecule has 0 heterocycles. The molecule has 0 bridgehead atoms. The zero-order valence-corrected chi connectivity index (χ0v) is 37.3. The quantitative estimate of drug-likeness (QED) is 0.0158. The molecule has 0 spiro atoms. The summed E-state index contributed by atoms with van der Waals surface area (Å²) < 4.78 is 47.7. The molecule has 1 rings (SSSR count). The Hall–Kier alpha value is -1.81. The maximum absolute atomic E-state index is 12.7. The molecule has 0 aromatic carbocycles. The third kappa shape index (κ3) is 29.2. The summed E-state index contributed by atoms with van der Waals surface area (Å²) >= 11 is 0. The Morgan fingerprint density at radius 1 is 0.780 bits per heavy atom. The van der Waals surface area contributed by atoms with Crippen LogP contribution in [0, 0.1) is 17.8 Å². The van der Waals surface area contributed by atoms with Crippen molar-refractivity contribution in [2.45, 2.75) is 174 Å². The second kappa shape index (κ2) is 32.0. The molecule has 6 N–H and O–H groups in total. The van der Waals surface area contributed by atoms with E-state index >= 15 is 0 Å². The third-order valence-corrected chi connectivity index (χ3v) is 11.7. The van der Waals surface area contributed by atoms with Gasteiger partial charge in [0.1, 0.15) is 18.5 Å². The number of ketones is 1. The van der Waals surface area contributed by atoms with Crippen molar-refractivity contribution >= 4 is 33.4 Å². The van der Waals surface area contributed by atoms with E-state index in [4.69, 9.17) is 23.8 Å². The molecule has 16 nitrogen and oxygen atoms in total. The lowest BCUT2D eigenvalue weighted by atomic mass is 9.90. The van der Waals surface area contributed by atoms with Crippen LogP contribution in [0.3, 0.4) is 0 Å². The van der Waals surface area contributed by atoms with Crippen molar-refractivity contribution in [3.8, 4) is 0 Å². The molecule has 0 aromatic rings. The van der Waals surface area contributed by atoms with Gasteiger partial charge in [-0.15, -0.1) is 0 Å². The fourth-order valence-electron chi connectivity index (χ4n) is 6.48. The van der Waals surface area contributed by atoms with Crippen molar-refractivity contribution in [2.24, 2.45) is 17.8 Å². The van der Waals surface area contributed by atoms with Gasteiger partial charge in [0.05, 0.1) is 32.0 Å². The first-order valence-electron chi connectivity index (χ1n) is 21.5. The lowest BCUT2D eigenvalue weighted by molar-refractivity contribution is -0.161. The van der Waals surface area contributed by atoms with Crippen LogP contribution in [0.1, 0.15) is 149 Å². The van der Waals surface area contributed by atoms with Crippen LogP contribution in [0.15, 0.2) is 24.3 Å². The van der Waals surface area contributed by atoms with E-state index in [-0.39, 0.29) is 31.0 Å². The fourth-order valence-corrected chi connectivity index (χ4v) is 7.64. The highest BCUT2D eigenvalue weighted by atomic mass is 31.2. The summed E-state index contributed by atoms with van der Waals surface area (Å²) in [5, 5.41) is 30.4. The Morgan fingerprint density at radius 2 is 1.39 bits per heavy atom. The summed E-state index contributed by atoms with van der Waals surface area (Å²) in [6.45, 7) is 3.62. The highest BCUT2D eigenvalue weighted by Crippen LogP contribution is 2.44. The number of phosphoric acid groups is 2. The maximum atomic E-state index is 12.7. The number of aliphatic hydroxyl groups is 3. The number of phosphoric ester groups is 2. The van der Waals surface area contributed by atoms with Gasteiger partial charge in [-0.05, 0) is 38.0 Å². The predicted molar refractivity (Wildman–Crippen MR) is 222 cm³/mol. The molecule has 8 atom stereocenters. The van der Waals surface area contributed by atoms with Crippen molar-refractivity contribution in [1.29, 1.82) is 0 Å². The third-order valence-electron chi connectivity index (χ3n) is 10.2. The Kier molecular flexibility index (Phi) is 29.9. The predicted octanol–water partition coefficient (Wildman–Crippen LogP) is 7.17. The van der Waals surface area contributed by atoms with Crippen LogP contribution in [0.4, 0.5) is 0 Å². The molecule has 0 aromatic heterocycles. The number of Topliss-reactive ketones (excluding diaryl/α,β-unsaturated/α-hetero) is 1. The molecule has 0 saturated heterocycles. The average molecular weight is 885 g/mol. The van der Waals surface area contributed by atoms with Crippen molar-refractivity contribution < 1.29 is 76.6 Å². The van der Waals surface area contributed by atoms with Crippen LogP contribution in [0.25, 0.3) is 0 Å². The minimum Gasteiger partial charge on any atom is -0.462 e. The van der Waals surface area contributed by atoms with Crippen LogP contribution >= 0.6 is 15.6 Å². The van der Waals surface area contributed by atoms with Gasteiger partial charge in [0.2, 0.25) is 0 Å². The van der Waals surface area contributed by atoms with Gasteiger partial charge in [-0.2, -0.15) is 0 Å². The normalized spacial score (nSPS) is 20.5. The van der Waals surface area contributed by atoms with E-state index in [1.54, 1.807) is 12.2 Å². The van der Waals surface area contributed by atoms with E-state index in [1.807, 2.05) is 12.2 Å². The molecule has 344 valence electrons. The first kappa shape index (κ1) is 55.2. The number of carbonyl (C=O) groups is 3. The van der Waals surface area contributed by atoms with Gasteiger partial charge in [0.25, 0.3) is 0 Å². The van der Waals surface area contributed by atoms with Gasteiger partial charge in [0.15, 0.2) is 6.10 Å². The van der Waals surface area contributed by atoms with Gasteiger partial charge < -0.3 is 39.5 Å². The smallest absolute Gasteiger partial charge is 0.462 e. The molecule has 1 saturated carbocycles. The SMILES string of the molecule is CCCCC[C@H](O)/C=C/[C@H]1[C@H](O)CC(=O)[C@@H]1C/C=C\CCCC(=O)OC[C@H](COP(=O)(O)OC[C@@H](O)COP(=O)(O)O)OC(=O)CCCCCCCCCCC(C)CC. The number of aliphatic hydroxyl groups excluding tert-OH is 3. The summed E-state index contributed by atoms with van der Waals surface area (Å²) in [6.07, 6.45) is 18.5. The molecule has 18 heteroatoms. The molecule has 0 aliphatic heterocycles. The second-order valence-electron chi connectivity index (χ2n) is 15.6. The topological polar surface area (TPSA) is 253 Å². The number of carbonyl (C=O) groups excluding carboxylic acids is 3. The zero-order valence-electron chi connectivity index (χ0n) is 35.5. The molecule has 2 unspecified atom stereocenters. The number of hydrogen-bond acceptors (Lipinski definition) is 13. The number of allylic oxidation sites excluding steroid dienone is 2. The number of rotatable bonds is 36. The lowest BCUT2D eigenvalue weighted by Crippen LogP contribution is -2.30. The standard InChI is InChI=1S/C41H74O16P2/c1-4-6-15-21-33(42)25-26-37-36(38(44)27-39(37)45)22-17-13-14-18-23-40(46)53-30-35(31-56-59(51,52)55-29-34(43)28-54-58(48,49)50)57-41(47)24-19-12-10-8-7-9-11-16-20-32(3)5-2/h13,17,25-26,32-37,39,42-43,45H,4-12,14-16,18-24,27-31H2,1-3H3,(H,51,52)(H2,48,49,50)/b17-13-,26-25+/t32?,33-,34-,35+,36+,37+,39+/m0/s1. The molecular weight excluding hydrogens is 810 g/mol. The first-order chi connectivity index (χ1) is 28.0. The van der Waals surface area contributed by atoms with Crippen molar-refractivity contribution in [3.63, 3.8) is 0 Å². The summed E-state index contributed by atoms with van der Waals surface area (Å²) in [5.74, 6) is -1.29. The molecular formula is C41H74O16P2. The number of esters is 2. The van der Waals surface area contributed by atoms with Gasteiger partial charge in [-0.3, -0.25) is 28.0 Å². The molecule has 1 aliphatic rings. The largest absolute Gasteiger partial charge is 0.472 e. The van der Waals surface area contributed by atoms with Gasteiger partial charge in [-0.25, -0.2) is 9.13 Å². The summed E-state index contributed by atoms with van der Waals surface area (Å²) in [6, 6.07) is 0. The summed E-state index contributed by atoms with van der Waals surface area (Å²) in [4.78, 5) is 65.3. The van der Waals surface area contributed by atoms with Gasteiger partial charge in [-0.1, -0.05) is 122 Å². The van der Waals surface area contributed by atoms with Gasteiger partial charge in [0, 0.05) is 31.1 Å². The molecule has 0 amide bonds. The first-order valence-corrected chi connectivity index (χ1v) is 24.6. The summed E-state index contributed by atoms with van der Waals surface area (Å²) in [5.41, 5.74) is 0. The van der Waals surface area contributed by atoms with E-state index in [2.05, 4.69) is 29.8 Å². The van der Waals surface area contributed by atoms with Crippen LogP contribution in [0.5, 0.6) is 0 Å². The van der Waals surface area contributed by atoms with E-state index in [0.717, 1.165) is 50.9 Å². The lowest BCUT2D eigenvalue weighted by Gasteiger charge is -2.20. The van der Waals surface area contributed by atoms with E-state index < -0.39 is 84.3 Å². The number of ether oxygens (including phenoxy) is 2. The van der Waals surface area contributed by atoms with Crippen LogP contribution in [-0.2, 0) is 46.6 Å². The van der Waals surface area contributed by atoms with E-state index in [0.29, 0.717) is 32.1 Å².